The second-order valence-electron chi connectivity index (χ2n) is 4.64. The van der Waals surface area contributed by atoms with Crippen molar-refractivity contribution in [2.75, 3.05) is 13.2 Å². The van der Waals surface area contributed by atoms with E-state index in [0.29, 0.717) is 5.57 Å². The van der Waals surface area contributed by atoms with Crippen LogP contribution in [0.2, 0.25) is 0 Å². The number of esters is 2. The van der Waals surface area contributed by atoms with Gasteiger partial charge in [0.05, 0.1) is 18.8 Å². The molecule has 0 bridgehead atoms. The third-order valence-electron chi connectivity index (χ3n) is 3.21. The van der Waals surface area contributed by atoms with Crippen molar-refractivity contribution in [2.24, 2.45) is 0 Å². The van der Waals surface area contributed by atoms with Crippen molar-refractivity contribution in [1.82, 2.24) is 0 Å². The van der Waals surface area contributed by atoms with Gasteiger partial charge >= 0.3 is 11.9 Å². The van der Waals surface area contributed by atoms with E-state index in [9.17, 15) is 9.59 Å². The topological polar surface area (TPSA) is 52.6 Å². The van der Waals surface area contributed by atoms with E-state index in [1.54, 1.807) is 19.9 Å². The average molecular weight is 274 g/mol. The van der Waals surface area contributed by atoms with Crippen LogP contribution in [-0.2, 0) is 19.1 Å². The molecule has 0 saturated carbocycles. The minimum absolute atomic E-state index is 0.279. The van der Waals surface area contributed by atoms with Gasteiger partial charge in [0.1, 0.15) is 5.92 Å². The molecule has 0 N–H and O–H groups in total. The molecule has 4 heteroatoms. The number of fused-ring (bicyclic) bond motifs is 1. The molecule has 1 aromatic rings. The van der Waals surface area contributed by atoms with Crippen LogP contribution >= 0.6 is 0 Å². The molecule has 1 aliphatic carbocycles. The van der Waals surface area contributed by atoms with Crippen molar-refractivity contribution in [3.05, 3.63) is 40.5 Å². The smallest absolute Gasteiger partial charge is 0.335 e. The molecule has 0 amide bonds. The molecule has 2 rings (SSSR count). The van der Waals surface area contributed by atoms with Crippen LogP contribution in [0.3, 0.4) is 0 Å². The van der Waals surface area contributed by atoms with Crippen LogP contribution in [0, 0.1) is 6.92 Å². The van der Waals surface area contributed by atoms with Crippen LogP contribution in [0.15, 0.2) is 23.8 Å². The van der Waals surface area contributed by atoms with E-state index in [0.717, 1.165) is 16.7 Å². The predicted octanol–water partition coefficient (Wildman–Crippen LogP) is 2.60. The molecule has 0 spiro atoms. The highest BCUT2D eigenvalue weighted by Gasteiger charge is 2.37. The van der Waals surface area contributed by atoms with E-state index in [2.05, 4.69) is 0 Å². The maximum Gasteiger partial charge on any atom is 0.335 e. The third-order valence-corrected chi connectivity index (χ3v) is 3.21. The molecule has 20 heavy (non-hydrogen) atoms. The molecule has 1 aliphatic rings. The Hall–Kier alpha value is -2.10. The highest BCUT2D eigenvalue weighted by atomic mass is 16.5. The van der Waals surface area contributed by atoms with E-state index >= 15 is 0 Å². The van der Waals surface area contributed by atoms with E-state index in [-0.39, 0.29) is 13.2 Å². The van der Waals surface area contributed by atoms with Gasteiger partial charge in [-0.2, -0.15) is 0 Å². The van der Waals surface area contributed by atoms with E-state index in [1.807, 2.05) is 25.1 Å². The van der Waals surface area contributed by atoms with Crippen molar-refractivity contribution in [3.8, 4) is 0 Å². The number of carbonyl (C=O) groups is 2. The van der Waals surface area contributed by atoms with Crippen LogP contribution in [0.25, 0.3) is 6.08 Å². The molecular formula is C16H18O4. The Balaban J connectivity index is 2.42. The Morgan fingerprint density at radius 1 is 1.15 bits per heavy atom. The minimum Gasteiger partial charge on any atom is -0.465 e. The van der Waals surface area contributed by atoms with Gasteiger partial charge in [0, 0.05) is 0 Å². The predicted molar refractivity (Wildman–Crippen MR) is 75.2 cm³/mol. The molecule has 1 atom stereocenters. The zero-order valence-electron chi connectivity index (χ0n) is 11.9. The maximum atomic E-state index is 12.2. The molecule has 0 heterocycles. The van der Waals surface area contributed by atoms with Gasteiger partial charge in [-0.05, 0) is 38.0 Å². The second-order valence-corrected chi connectivity index (χ2v) is 4.64. The number of benzene rings is 1. The molecule has 0 aliphatic heterocycles. The summed E-state index contributed by atoms with van der Waals surface area (Å²) >= 11 is 0. The second kappa shape index (κ2) is 5.90. The van der Waals surface area contributed by atoms with Gasteiger partial charge in [0.25, 0.3) is 0 Å². The lowest BCUT2D eigenvalue weighted by Gasteiger charge is -2.15. The summed E-state index contributed by atoms with van der Waals surface area (Å²) in [5, 5.41) is 0. The van der Waals surface area contributed by atoms with Crippen molar-refractivity contribution < 1.29 is 19.1 Å². The standard InChI is InChI=1S/C16H18O4/c1-4-19-15(17)13-9-11-7-6-10(3)8-12(11)14(13)16(18)20-5-2/h6-9,14H,4-5H2,1-3H3. The minimum atomic E-state index is -0.677. The zero-order valence-corrected chi connectivity index (χ0v) is 11.9. The van der Waals surface area contributed by atoms with Crippen LogP contribution < -0.4 is 0 Å². The van der Waals surface area contributed by atoms with Gasteiger partial charge in [0.2, 0.25) is 0 Å². The lowest BCUT2D eigenvalue weighted by atomic mass is 9.94. The molecule has 0 radical (unpaired) electrons. The highest BCUT2D eigenvalue weighted by Crippen LogP contribution is 2.38. The Kier molecular flexibility index (Phi) is 4.23. The number of carbonyl (C=O) groups excluding carboxylic acids is 2. The summed E-state index contributed by atoms with van der Waals surface area (Å²) in [4.78, 5) is 24.2. The summed E-state index contributed by atoms with van der Waals surface area (Å²) in [6, 6.07) is 5.77. The van der Waals surface area contributed by atoms with Gasteiger partial charge in [0.15, 0.2) is 0 Å². The first-order valence-corrected chi connectivity index (χ1v) is 6.74. The number of rotatable bonds is 4. The van der Waals surface area contributed by atoms with Gasteiger partial charge in [-0.25, -0.2) is 4.79 Å². The Bertz CT molecular complexity index is 572. The van der Waals surface area contributed by atoms with Gasteiger partial charge in [-0.1, -0.05) is 23.8 Å². The quantitative estimate of drug-likeness (QED) is 0.792. The molecule has 4 nitrogen and oxygen atoms in total. The Labute approximate surface area is 118 Å². The molecule has 1 aromatic carbocycles. The van der Waals surface area contributed by atoms with Crippen molar-refractivity contribution in [3.63, 3.8) is 0 Å². The molecule has 106 valence electrons. The number of hydrogen-bond donors (Lipinski definition) is 0. The largest absolute Gasteiger partial charge is 0.465 e. The fourth-order valence-electron chi connectivity index (χ4n) is 2.36. The van der Waals surface area contributed by atoms with Crippen LogP contribution in [-0.4, -0.2) is 25.2 Å². The first-order valence-electron chi connectivity index (χ1n) is 6.74. The van der Waals surface area contributed by atoms with Crippen molar-refractivity contribution in [1.29, 1.82) is 0 Å². The van der Waals surface area contributed by atoms with E-state index in [1.165, 1.54) is 0 Å². The van der Waals surface area contributed by atoms with Crippen molar-refractivity contribution >= 4 is 18.0 Å². The monoisotopic (exact) mass is 274 g/mol. The summed E-state index contributed by atoms with van der Waals surface area (Å²) < 4.78 is 10.1. The lowest BCUT2D eigenvalue weighted by molar-refractivity contribution is -0.147. The number of aryl methyl sites for hydroxylation is 1. The fraction of sp³-hybridized carbons (Fsp3) is 0.375. The molecule has 0 fully saturated rings. The summed E-state index contributed by atoms with van der Waals surface area (Å²) in [7, 11) is 0. The summed E-state index contributed by atoms with van der Waals surface area (Å²) in [5.74, 6) is -1.54. The summed E-state index contributed by atoms with van der Waals surface area (Å²) in [6.45, 7) is 6.00. The van der Waals surface area contributed by atoms with E-state index < -0.39 is 17.9 Å². The number of hydrogen-bond acceptors (Lipinski definition) is 4. The summed E-state index contributed by atoms with van der Waals surface area (Å²) in [5.41, 5.74) is 3.07. The first kappa shape index (κ1) is 14.3. The first-order chi connectivity index (χ1) is 9.58. The zero-order chi connectivity index (χ0) is 14.7. The van der Waals surface area contributed by atoms with Gasteiger partial charge < -0.3 is 9.47 Å². The van der Waals surface area contributed by atoms with Crippen LogP contribution in [0.4, 0.5) is 0 Å². The average Bonchev–Trinajstić information content (AvgIpc) is 2.77. The van der Waals surface area contributed by atoms with Gasteiger partial charge in [-0.3, -0.25) is 4.79 Å². The molecule has 0 aromatic heterocycles. The fourth-order valence-corrected chi connectivity index (χ4v) is 2.36. The molecule has 0 saturated heterocycles. The number of ether oxygens (including phenoxy) is 2. The summed E-state index contributed by atoms with van der Waals surface area (Å²) in [6.07, 6.45) is 1.72. The maximum absolute atomic E-state index is 12.2. The van der Waals surface area contributed by atoms with Gasteiger partial charge in [-0.15, -0.1) is 0 Å². The molecule has 1 unspecified atom stereocenters. The molecular weight excluding hydrogens is 256 g/mol. The normalized spacial score (nSPS) is 16.4. The lowest BCUT2D eigenvalue weighted by Crippen LogP contribution is -2.21. The highest BCUT2D eigenvalue weighted by molar-refractivity contribution is 6.05. The Morgan fingerprint density at radius 2 is 1.85 bits per heavy atom. The van der Waals surface area contributed by atoms with Crippen molar-refractivity contribution in [2.45, 2.75) is 26.7 Å². The van der Waals surface area contributed by atoms with E-state index in [4.69, 9.17) is 9.47 Å². The van der Waals surface area contributed by atoms with Crippen LogP contribution in [0.5, 0.6) is 0 Å². The Morgan fingerprint density at radius 3 is 2.50 bits per heavy atom. The SMILES string of the molecule is CCOC(=O)C1=Cc2ccc(C)cc2C1C(=O)OCC. The third kappa shape index (κ3) is 2.59. The van der Waals surface area contributed by atoms with Crippen LogP contribution in [0.1, 0.15) is 36.5 Å².